The van der Waals surface area contributed by atoms with Gasteiger partial charge in [0.25, 0.3) is 0 Å². The van der Waals surface area contributed by atoms with Crippen LogP contribution in [0.1, 0.15) is 32.3 Å². The van der Waals surface area contributed by atoms with Gasteiger partial charge in [-0.3, -0.25) is 4.79 Å². The van der Waals surface area contributed by atoms with Crippen LogP contribution < -0.4 is 5.32 Å². The van der Waals surface area contributed by atoms with Crippen LogP contribution in [-0.2, 0) is 16.1 Å². The summed E-state index contributed by atoms with van der Waals surface area (Å²) in [6, 6.07) is 9.53. The quantitative estimate of drug-likeness (QED) is 0.835. The van der Waals surface area contributed by atoms with Crippen LogP contribution >= 0.6 is 0 Å². The number of alkyl carbamates (subject to hydrolysis) is 1. The van der Waals surface area contributed by atoms with Gasteiger partial charge < -0.3 is 20.1 Å². The van der Waals surface area contributed by atoms with E-state index >= 15 is 0 Å². The predicted octanol–water partition coefficient (Wildman–Crippen LogP) is 2.49. The summed E-state index contributed by atoms with van der Waals surface area (Å²) >= 11 is 0. The number of hydrogen-bond acceptors (Lipinski definition) is 4. The van der Waals surface area contributed by atoms with Gasteiger partial charge in [0.1, 0.15) is 6.61 Å². The SMILES string of the molecule is CC(C)(CN1CCCC(NC(=O)OCc2ccccc2)C1)C(=O)O. The molecule has 0 radical (unpaired) electrons. The van der Waals surface area contributed by atoms with Gasteiger partial charge in [-0.1, -0.05) is 30.3 Å². The number of amides is 1. The zero-order chi connectivity index (χ0) is 17.6. The molecule has 0 bridgehead atoms. The van der Waals surface area contributed by atoms with Gasteiger partial charge in [0.15, 0.2) is 0 Å². The normalized spacial score (nSPS) is 18.8. The minimum atomic E-state index is -0.806. The molecule has 1 aromatic rings. The molecule has 6 heteroatoms. The van der Waals surface area contributed by atoms with Crippen molar-refractivity contribution in [3.05, 3.63) is 35.9 Å². The summed E-state index contributed by atoms with van der Waals surface area (Å²) in [6.07, 6.45) is 1.38. The Kier molecular flexibility index (Phi) is 6.20. The largest absolute Gasteiger partial charge is 0.481 e. The lowest BCUT2D eigenvalue weighted by Crippen LogP contribution is -2.51. The van der Waals surface area contributed by atoms with Crippen molar-refractivity contribution in [3.63, 3.8) is 0 Å². The van der Waals surface area contributed by atoms with Crippen molar-refractivity contribution in [2.75, 3.05) is 19.6 Å². The Bertz CT molecular complexity index is 559. The van der Waals surface area contributed by atoms with Crippen LogP contribution in [-0.4, -0.2) is 47.7 Å². The summed E-state index contributed by atoms with van der Waals surface area (Å²) in [5.41, 5.74) is 0.150. The summed E-state index contributed by atoms with van der Waals surface area (Å²) < 4.78 is 5.24. The molecule has 1 aliphatic heterocycles. The van der Waals surface area contributed by atoms with Crippen LogP contribution in [0.25, 0.3) is 0 Å². The van der Waals surface area contributed by atoms with Crippen molar-refractivity contribution in [1.29, 1.82) is 0 Å². The first-order valence-corrected chi connectivity index (χ1v) is 8.30. The van der Waals surface area contributed by atoms with Crippen molar-refractivity contribution in [1.82, 2.24) is 10.2 Å². The number of carboxylic acid groups (broad SMARTS) is 1. The third kappa shape index (κ3) is 5.53. The molecule has 6 nitrogen and oxygen atoms in total. The zero-order valence-electron chi connectivity index (χ0n) is 14.3. The van der Waals surface area contributed by atoms with Crippen LogP contribution in [0.2, 0.25) is 0 Å². The van der Waals surface area contributed by atoms with Gasteiger partial charge in [-0.15, -0.1) is 0 Å². The highest BCUT2D eigenvalue weighted by atomic mass is 16.5. The van der Waals surface area contributed by atoms with Gasteiger partial charge in [0.05, 0.1) is 5.41 Å². The minimum Gasteiger partial charge on any atom is -0.481 e. The second-order valence-corrected chi connectivity index (χ2v) is 6.97. The Balaban J connectivity index is 1.78. The molecule has 132 valence electrons. The van der Waals surface area contributed by atoms with Crippen LogP contribution in [0.3, 0.4) is 0 Å². The first-order valence-electron chi connectivity index (χ1n) is 8.30. The number of nitrogens with zero attached hydrogens (tertiary/aromatic N) is 1. The van der Waals surface area contributed by atoms with E-state index in [9.17, 15) is 14.7 Å². The fourth-order valence-electron chi connectivity index (χ4n) is 2.88. The van der Waals surface area contributed by atoms with E-state index in [1.807, 2.05) is 30.3 Å². The lowest BCUT2D eigenvalue weighted by molar-refractivity contribution is -0.148. The highest BCUT2D eigenvalue weighted by Crippen LogP contribution is 2.20. The monoisotopic (exact) mass is 334 g/mol. The van der Waals surface area contributed by atoms with Gasteiger partial charge in [0, 0.05) is 19.1 Å². The number of piperidine rings is 1. The Morgan fingerprint density at radius 2 is 2.04 bits per heavy atom. The van der Waals surface area contributed by atoms with Gasteiger partial charge in [-0.2, -0.15) is 0 Å². The van der Waals surface area contributed by atoms with Gasteiger partial charge in [0.2, 0.25) is 0 Å². The lowest BCUT2D eigenvalue weighted by atomic mass is 9.91. The number of carboxylic acids is 1. The Morgan fingerprint density at radius 1 is 1.33 bits per heavy atom. The summed E-state index contributed by atoms with van der Waals surface area (Å²) in [5.74, 6) is -0.806. The van der Waals surface area contributed by atoms with Crippen molar-refractivity contribution in [3.8, 4) is 0 Å². The van der Waals surface area contributed by atoms with Crippen LogP contribution in [0.4, 0.5) is 4.79 Å². The molecular weight excluding hydrogens is 308 g/mol. The fraction of sp³-hybridized carbons (Fsp3) is 0.556. The van der Waals surface area contributed by atoms with Crippen LogP contribution in [0.5, 0.6) is 0 Å². The highest BCUT2D eigenvalue weighted by Gasteiger charge is 2.32. The van der Waals surface area contributed by atoms with Crippen molar-refractivity contribution < 1.29 is 19.4 Å². The number of hydrogen-bond donors (Lipinski definition) is 2. The maximum Gasteiger partial charge on any atom is 0.407 e. The summed E-state index contributed by atoms with van der Waals surface area (Å²) in [6.45, 7) is 5.67. The second-order valence-electron chi connectivity index (χ2n) is 6.97. The average molecular weight is 334 g/mol. The predicted molar refractivity (Wildman–Crippen MR) is 90.6 cm³/mol. The lowest BCUT2D eigenvalue weighted by Gasteiger charge is -2.36. The summed E-state index contributed by atoms with van der Waals surface area (Å²) in [5, 5.41) is 12.1. The molecule has 1 aromatic carbocycles. The molecule has 1 saturated heterocycles. The molecule has 0 aromatic heterocycles. The van der Waals surface area contributed by atoms with Crippen LogP contribution in [0, 0.1) is 5.41 Å². The third-order valence-corrected chi connectivity index (χ3v) is 4.24. The van der Waals surface area contributed by atoms with Gasteiger partial charge >= 0.3 is 12.1 Å². The number of rotatable bonds is 6. The molecule has 2 rings (SSSR count). The molecule has 1 amide bonds. The first kappa shape index (κ1) is 18.3. The smallest absolute Gasteiger partial charge is 0.407 e. The van der Waals surface area contributed by atoms with E-state index in [1.54, 1.807) is 13.8 Å². The van der Waals surface area contributed by atoms with Crippen molar-refractivity contribution >= 4 is 12.1 Å². The van der Waals surface area contributed by atoms with E-state index in [-0.39, 0.29) is 12.6 Å². The zero-order valence-corrected chi connectivity index (χ0v) is 14.3. The number of ether oxygens (including phenoxy) is 1. The number of likely N-dealkylation sites (tertiary alicyclic amines) is 1. The minimum absolute atomic E-state index is 0.00776. The maximum atomic E-state index is 11.9. The molecule has 0 aliphatic carbocycles. The van der Waals surface area contributed by atoms with E-state index in [0.717, 1.165) is 24.9 Å². The molecule has 1 heterocycles. The molecule has 1 aliphatic rings. The molecule has 2 N–H and O–H groups in total. The van der Waals surface area contributed by atoms with E-state index in [4.69, 9.17) is 4.74 Å². The Hall–Kier alpha value is -2.08. The van der Waals surface area contributed by atoms with E-state index in [1.165, 1.54) is 0 Å². The number of nitrogens with one attached hydrogen (secondary N) is 1. The van der Waals surface area contributed by atoms with E-state index in [2.05, 4.69) is 10.2 Å². The summed E-state index contributed by atoms with van der Waals surface area (Å²) in [7, 11) is 0. The molecule has 24 heavy (non-hydrogen) atoms. The molecular formula is C18H26N2O4. The standard InChI is InChI=1S/C18H26N2O4/c1-18(2,16(21)22)13-20-10-6-9-15(11-20)19-17(23)24-12-14-7-4-3-5-8-14/h3-5,7-8,15H,6,9-13H2,1-2H3,(H,19,23)(H,21,22). The first-order chi connectivity index (χ1) is 11.4. The van der Waals surface area contributed by atoms with Crippen molar-refractivity contribution in [2.45, 2.75) is 39.3 Å². The van der Waals surface area contributed by atoms with Gasteiger partial charge in [-0.05, 0) is 38.8 Å². The number of aliphatic carboxylic acids is 1. The molecule has 1 unspecified atom stereocenters. The van der Waals surface area contributed by atoms with Crippen molar-refractivity contribution in [2.24, 2.45) is 5.41 Å². The maximum absolute atomic E-state index is 11.9. The van der Waals surface area contributed by atoms with E-state index in [0.29, 0.717) is 13.1 Å². The topological polar surface area (TPSA) is 78.9 Å². The summed E-state index contributed by atoms with van der Waals surface area (Å²) in [4.78, 5) is 25.3. The van der Waals surface area contributed by atoms with Crippen LogP contribution in [0.15, 0.2) is 30.3 Å². The number of benzene rings is 1. The second kappa shape index (κ2) is 8.15. The Labute approximate surface area is 142 Å². The highest BCUT2D eigenvalue weighted by molar-refractivity contribution is 5.73. The molecule has 1 fully saturated rings. The average Bonchev–Trinajstić information content (AvgIpc) is 2.54. The van der Waals surface area contributed by atoms with E-state index < -0.39 is 17.5 Å². The Morgan fingerprint density at radius 3 is 2.71 bits per heavy atom. The molecule has 1 atom stereocenters. The number of carbonyl (C=O) groups is 2. The number of carbonyl (C=O) groups excluding carboxylic acids is 1. The fourth-order valence-corrected chi connectivity index (χ4v) is 2.88. The molecule has 0 spiro atoms. The van der Waals surface area contributed by atoms with Gasteiger partial charge in [-0.25, -0.2) is 4.79 Å². The third-order valence-electron chi connectivity index (χ3n) is 4.24. The molecule has 0 saturated carbocycles.